The zero-order valence-electron chi connectivity index (χ0n) is 15.8. The van der Waals surface area contributed by atoms with E-state index in [2.05, 4.69) is 10.6 Å². The summed E-state index contributed by atoms with van der Waals surface area (Å²) in [6, 6.07) is 7.38. The number of Topliss-reactive ketones (excluding diaryl/α,β-unsaturated/α-hetero) is 1. The third kappa shape index (κ3) is 3.61. The van der Waals surface area contributed by atoms with E-state index in [-0.39, 0.29) is 30.3 Å². The van der Waals surface area contributed by atoms with E-state index in [0.717, 1.165) is 5.56 Å². The Bertz CT molecular complexity index is 993. The van der Waals surface area contributed by atoms with Gasteiger partial charge in [-0.3, -0.25) is 4.79 Å². The highest BCUT2D eigenvalue weighted by atomic mass is 16.5. The molecule has 2 heterocycles. The number of amides is 2. The molecule has 1 aliphatic heterocycles. The summed E-state index contributed by atoms with van der Waals surface area (Å²) < 4.78 is 16.5. The van der Waals surface area contributed by atoms with Gasteiger partial charge >= 0.3 is 12.0 Å². The Labute approximate surface area is 166 Å². The largest absolute Gasteiger partial charge is 0.487 e. The van der Waals surface area contributed by atoms with E-state index >= 15 is 0 Å². The number of esters is 1. The molecule has 2 amide bonds. The molecule has 1 aromatic heterocycles. The number of rotatable bonds is 6. The van der Waals surface area contributed by atoms with Crippen LogP contribution in [0.1, 0.15) is 41.1 Å². The van der Waals surface area contributed by atoms with E-state index in [9.17, 15) is 14.4 Å². The lowest BCUT2D eigenvalue weighted by Gasteiger charge is -2.28. The van der Waals surface area contributed by atoms with Gasteiger partial charge in [0, 0.05) is 17.5 Å². The number of ketones is 1. The summed E-state index contributed by atoms with van der Waals surface area (Å²) in [6.45, 7) is 1.82. The molecule has 2 aromatic rings. The predicted molar refractivity (Wildman–Crippen MR) is 101 cm³/mol. The van der Waals surface area contributed by atoms with Gasteiger partial charge in [0.1, 0.15) is 24.2 Å². The van der Waals surface area contributed by atoms with E-state index in [1.54, 1.807) is 37.3 Å². The van der Waals surface area contributed by atoms with Crippen molar-refractivity contribution in [3.05, 3.63) is 64.8 Å². The standard InChI is InChI=1S/C21H20N2O6/c1-2-27-20(25)18-14(22-21(26)23-19(18)17-7-4-10-28-17)11-29-16-6-3-5-12-13(16)8-9-15(12)24/h3-7,10,19H,2,8-9,11H2,1H3,(H2,22,23,26)/t19-/m1/s1. The van der Waals surface area contributed by atoms with Gasteiger partial charge in [-0.05, 0) is 31.5 Å². The smallest absolute Gasteiger partial charge is 0.338 e. The minimum absolute atomic E-state index is 0.0661. The predicted octanol–water partition coefficient (Wildman–Crippen LogP) is 2.66. The van der Waals surface area contributed by atoms with Gasteiger partial charge in [0.2, 0.25) is 0 Å². The van der Waals surface area contributed by atoms with Crippen molar-refractivity contribution < 1.29 is 28.3 Å². The van der Waals surface area contributed by atoms with Crippen molar-refractivity contribution in [1.29, 1.82) is 0 Å². The molecule has 1 aliphatic carbocycles. The first-order chi connectivity index (χ1) is 14.1. The zero-order chi connectivity index (χ0) is 20.4. The van der Waals surface area contributed by atoms with Crippen LogP contribution in [0.25, 0.3) is 0 Å². The second-order valence-electron chi connectivity index (χ2n) is 6.65. The molecule has 0 bridgehead atoms. The van der Waals surface area contributed by atoms with Crippen LogP contribution >= 0.6 is 0 Å². The molecule has 29 heavy (non-hydrogen) atoms. The maximum absolute atomic E-state index is 12.6. The normalized spacial score (nSPS) is 18.2. The highest BCUT2D eigenvalue weighted by Gasteiger charge is 2.35. The second-order valence-corrected chi connectivity index (χ2v) is 6.65. The van der Waals surface area contributed by atoms with Crippen LogP contribution in [-0.4, -0.2) is 31.0 Å². The van der Waals surface area contributed by atoms with Crippen LogP contribution in [0.4, 0.5) is 4.79 Å². The molecule has 2 N–H and O–H groups in total. The molecule has 4 rings (SSSR count). The fourth-order valence-electron chi connectivity index (χ4n) is 3.59. The summed E-state index contributed by atoms with van der Waals surface area (Å²) in [5.41, 5.74) is 2.00. The molecule has 0 spiro atoms. The number of furan rings is 1. The van der Waals surface area contributed by atoms with Crippen LogP contribution in [0, 0.1) is 0 Å². The second kappa shape index (κ2) is 7.83. The number of nitrogens with one attached hydrogen (secondary N) is 2. The van der Waals surface area contributed by atoms with Crippen molar-refractivity contribution >= 4 is 17.8 Å². The number of hydrogen-bond donors (Lipinski definition) is 2. The number of benzene rings is 1. The van der Waals surface area contributed by atoms with Crippen LogP contribution < -0.4 is 15.4 Å². The van der Waals surface area contributed by atoms with Crippen LogP contribution in [0.5, 0.6) is 5.75 Å². The summed E-state index contributed by atoms with van der Waals surface area (Å²) in [7, 11) is 0. The van der Waals surface area contributed by atoms with Crippen molar-refractivity contribution in [3.8, 4) is 5.75 Å². The Morgan fingerprint density at radius 3 is 2.83 bits per heavy atom. The quantitative estimate of drug-likeness (QED) is 0.727. The summed E-state index contributed by atoms with van der Waals surface area (Å²) in [6.07, 6.45) is 2.53. The molecule has 0 fully saturated rings. The Balaban J connectivity index is 1.67. The van der Waals surface area contributed by atoms with Gasteiger partial charge in [-0.25, -0.2) is 9.59 Å². The van der Waals surface area contributed by atoms with Crippen molar-refractivity contribution in [2.24, 2.45) is 0 Å². The van der Waals surface area contributed by atoms with Gasteiger partial charge < -0.3 is 24.5 Å². The maximum Gasteiger partial charge on any atom is 0.338 e. The lowest BCUT2D eigenvalue weighted by molar-refractivity contribution is -0.139. The number of urea groups is 1. The van der Waals surface area contributed by atoms with Crippen molar-refractivity contribution in [2.45, 2.75) is 25.8 Å². The third-order valence-corrected chi connectivity index (χ3v) is 4.88. The van der Waals surface area contributed by atoms with E-state index in [0.29, 0.717) is 29.9 Å². The number of ether oxygens (including phenoxy) is 2. The maximum atomic E-state index is 12.6. The molecular weight excluding hydrogens is 376 g/mol. The molecule has 0 saturated carbocycles. The van der Waals surface area contributed by atoms with Gasteiger partial charge in [-0.15, -0.1) is 0 Å². The molecule has 1 aromatic carbocycles. The summed E-state index contributed by atoms with van der Waals surface area (Å²) >= 11 is 0. The average molecular weight is 396 g/mol. The van der Waals surface area contributed by atoms with Crippen molar-refractivity contribution in [2.75, 3.05) is 13.2 Å². The minimum atomic E-state index is -0.792. The summed E-state index contributed by atoms with van der Waals surface area (Å²) in [5, 5.41) is 5.32. The highest BCUT2D eigenvalue weighted by Crippen LogP contribution is 2.32. The summed E-state index contributed by atoms with van der Waals surface area (Å²) in [5.74, 6) is 0.483. The molecule has 1 atom stereocenters. The SMILES string of the molecule is CCOC(=O)C1=C(COc2cccc3c2CCC3=O)NC(=O)N[C@@H]1c1ccco1. The Kier molecular flexibility index (Phi) is 5.07. The number of carbonyl (C=O) groups excluding carboxylic acids is 3. The molecule has 2 aliphatic rings. The molecular formula is C21H20N2O6. The fourth-order valence-corrected chi connectivity index (χ4v) is 3.59. The first kappa shape index (κ1) is 18.8. The Morgan fingerprint density at radius 1 is 1.21 bits per heavy atom. The number of hydrogen-bond acceptors (Lipinski definition) is 6. The van der Waals surface area contributed by atoms with Crippen LogP contribution in [-0.2, 0) is 16.0 Å². The fraction of sp³-hybridized carbons (Fsp3) is 0.286. The van der Waals surface area contributed by atoms with E-state index in [1.165, 1.54) is 6.26 Å². The first-order valence-corrected chi connectivity index (χ1v) is 9.37. The minimum Gasteiger partial charge on any atom is -0.487 e. The lowest BCUT2D eigenvalue weighted by atomic mass is 10.0. The van der Waals surface area contributed by atoms with E-state index in [1.807, 2.05) is 0 Å². The van der Waals surface area contributed by atoms with Gasteiger partial charge in [0.25, 0.3) is 0 Å². The summed E-state index contributed by atoms with van der Waals surface area (Å²) in [4.78, 5) is 36.8. The average Bonchev–Trinajstić information content (AvgIpc) is 3.37. The number of fused-ring (bicyclic) bond motifs is 1. The lowest BCUT2D eigenvalue weighted by Crippen LogP contribution is -2.47. The van der Waals surface area contributed by atoms with Crippen LogP contribution in [0.15, 0.2) is 52.3 Å². The van der Waals surface area contributed by atoms with Crippen molar-refractivity contribution in [1.82, 2.24) is 10.6 Å². The van der Waals surface area contributed by atoms with Gasteiger partial charge in [-0.1, -0.05) is 12.1 Å². The molecule has 0 unspecified atom stereocenters. The topological polar surface area (TPSA) is 107 Å². The third-order valence-electron chi connectivity index (χ3n) is 4.88. The Morgan fingerprint density at radius 2 is 2.07 bits per heavy atom. The molecule has 0 saturated heterocycles. The van der Waals surface area contributed by atoms with E-state index in [4.69, 9.17) is 13.9 Å². The zero-order valence-corrected chi connectivity index (χ0v) is 15.8. The van der Waals surface area contributed by atoms with Gasteiger partial charge in [0.05, 0.1) is 24.1 Å². The van der Waals surface area contributed by atoms with E-state index < -0.39 is 18.0 Å². The van der Waals surface area contributed by atoms with Gasteiger partial charge in [-0.2, -0.15) is 0 Å². The molecule has 8 nitrogen and oxygen atoms in total. The molecule has 8 heteroatoms. The Hall–Kier alpha value is -3.55. The molecule has 150 valence electrons. The monoisotopic (exact) mass is 396 g/mol. The van der Waals surface area contributed by atoms with Crippen LogP contribution in [0.3, 0.4) is 0 Å². The first-order valence-electron chi connectivity index (χ1n) is 9.37. The molecule has 0 radical (unpaired) electrons. The number of carbonyl (C=O) groups is 3. The highest BCUT2D eigenvalue weighted by molar-refractivity contribution is 6.01. The van der Waals surface area contributed by atoms with Crippen LogP contribution in [0.2, 0.25) is 0 Å². The van der Waals surface area contributed by atoms with Gasteiger partial charge in [0.15, 0.2) is 5.78 Å². The van der Waals surface area contributed by atoms with Crippen molar-refractivity contribution in [3.63, 3.8) is 0 Å².